The molecule has 1 heterocycles. The molecule has 2 nitrogen and oxygen atoms in total. The van der Waals surface area contributed by atoms with Crippen LogP contribution in [-0.2, 0) is 4.79 Å². The Kier molecular flexibility index (Phi) is 3.29. The molecule has 1 amide bonds. The van der Waals surface area contributed by atoms with Crippen molar-refractivity contribution in [1.82, 2.24) is 0 Å². The molecular weight excluding hydrogens is 242 g/mol. The summed E-state index contributed by atoms with van der Waals surface area (Å²) in [6.45, 7) is 4.22. The van der Waals surface area contributed by atoms with Gasteiger partial charge in [0, 0.05) is 0 Å². The number of thioether (sulfide) groups is 1. The van der Waals surface area contributed by atoms with Crippen LogP contribution in [0.5, 0.6) is 0 Å². The van der Waals surface area contributed by atoms with E-state index in [0.29, 0.717) is 0 Å². The van der Waals surface area contributed by atoms with Crippen LogP contribution in [-0.4, -0.2) is 15.7 Å². The summed E-state index contributed by atoms with van der Waals surface area (Å²) in [7, 11) is 0. The second-order valence-electron chi connectivity index (χ2n) is 6.53. The summed E-state index contributed by atoms with van der Waals surface area (Å²) in [5.41, 5.74) is 0. The molecule has 2 fully saturated rings. The predicted molar refractivity (Wildman–Crippen MR) is 76.9 cm³/mol. The molecular formula is C15H23NOS. The monoisotopic (exact) mass is 265 g/mol. The Labute approximate surface area is 114 Å². The van der Waals surface area contributed by atoms with Gasteiger partial charge >= 0.3 is 0 Å². The number of aliphatic imine (C=N–C) groups is 1. The Bertz CT molecular complexity index is 392. The summed E-state index contributed by atoms with van der Waals surface area (Å²) >= 11 is 1.76. The lowest BCUT2D eigenvalue weighted by Crippen LogP contribution is -2.26. The SMILES string of the molecule is CCC[C@]1(C)SC(CC2CC3CCC2C3)=NC1=O. The fourth-order valence-corrected chi connectivity index (χ4v) is 5.52. The molecule has 0 aromatic carbocycles. The third kappa shape index (κ3) is 2.15. The van der Waals surface area contributed by atoms with Crippen molar-refractivity contribution < 1.29 is 4.79 Å². The Morgan fingerprint density at radius 3 is 2.83 bits per heavy atom. The molecule has 0 aromatic heterocycles. The zero-order valence-electron chi connectivity index (χ0n) is 11.4. The van der Waals surface area contributed by atoms with Crippen molar-refractivity contribution >= 4 is 22.7 Å². The number of amides is 1. The molecule has 4 atom stereocenters. The molecule has 0 spiro atoms. The molecule has 3 heteroatoms. The van der Waals surface area contributed by atoms with Crippen molar-refractivity contribution in [2.24, 2.45) is 22.7 Å². The van der Waals surface area contributed by atoms with Gasteiger partial charge in [-0.3, -0.25) is 4.79 Å². The Hall–Kier alpha value is -0.310. The van der Waals surface area contributed by atoms with Gasteiger partial charge in [-0.15, -0.1) is 0 Å². The first kappa shape index (κ1) is 12.7. The van der Waals surface area contributed by atoms with Crippen molar-refractivity contribution in [2.45, 2.75) is 63.5 Å². The average Bonchev–Trinajstić information content (AvgIpc) is 2.96. The number of carbonyl (C=O) groups excluding carboxylic acids is 1. The van der Waals surface area contributed by atoms with Gasteiger partial charge in [0.25, 0.3) is 5.91 Å². The highest BCUT2D eigenvalue weighted by atomic mass is 32.2. The maximum atomic E-state index is 12.0. The van der Waals surface area contributed by atoms with Gasteiger partial charge in [-0.25, -0.2) is 4.99 Å². The molecule has 0 aromatic rings. The zero-order chi connectivity index (χ0) is 12.8. The number of rotatable bonds is 4. The highest BCUT2D eigenvalue weighted by Crippen LogP contribution is 2.51. The first-order valence-electron chi connectivity index (χ1n) is 7.41. The first-order valence-corrected chi connectivity index (χ1v) is 8.23. The van der Waals surface area contributed by atoms with Gasteiger partial charge in [0.2, 0.25) is 0 Å². The largest absolute Gasteiger partial charge is 0.271 e. The Morgan fingerprint density at radius 2 is 2.22 bits per heavy atom. The van der Waals surface area contributed by atoms with Gasteiger partial charge < -0.3 is 0 Å². The quantitative estimate of drug-likeness (QED) is 0.767. The zero-order valence-corrected chi connectivity index (χ0v) is 12.3. The summed E-state index contributed by atoms with van der Waals surface area (Å²) < 4.78 is -0.248. The van der Waals surface area contributed by atoms with E-state index < -0.39 is 0 Å². The second kappa shape index (κ2) is 4.66. The molecule has 3 rings (SSSR count). The number of hydrogen-bond acceptors (Lipinski definition) is 2. The van der Waals surface area contributed by atoms with E-state index in [1.54, 1.807) is 11.8 Å². The van der Waals surface area contributed by atoms with Gasteiger partial charge in [0.1, 0.15) is 0 Å². The number of nitrogens with zero attached hydrogens (tertiary/aromatic N) is 1. The molecule has 2 saturated carbocycles. The minimum absolute atomic E-state index is 0.118. The molecule has 2 bridgehead atoms. The minimum atomic E-state index is -0.248. The molecule has 0 saturated heterocycles. The van der Waals surface area contributed by atoms with Gasteiger partial charge in [0.05, 0.1) is 9.79 Å². The first-order chi connectivity index (χ1) is 8.60. The van der Waals surface area contributed by atoms with Crippen molar-refractivity contribution in [3.05, 3.63) is 0 Å². The molecule has 18 heavy (non-hydrogen) atoms. The van der Waals surface area contributed by atoms with Crippen LogP contribution in [0.15, 0.2) is 4.99 Å². The van der Waals surface area contributed by atoms with Crippen molar-refractivity contribution in [3.63, 3.8) is 0 Å². The fourth-order valence-electron chi connectivity index (χ4n) is 4.13. The summed E-state index contributed by atoms with van der Waals surface area (Å²) in [4.78, 5) is 16.4. The van der Waals surface area contributed by atoms with E-state index in [2.05, 4.69) is 18.8 Å². The van der Waals surface area contributed by atoms with E-state index in [9.17, 15) is 4.79 Å². The molecule has 1 aliphatic heterocycles. The van der Waals surface area contributed by atoms with Gasteiger partial charge in [-0.2, -0.15) is 0 Å². The van der Waals surface area contributed by atoms with E-state index in [0.717, 1.165) is 42.1 Å². The van der Waals surface area contributed by atoms with E-state index in [1.807, 2.05) is 0 Å². The molecule has 100 valence electrons. The van der Waals surface area contributed by atoms with Crippen LogP contribution < -0.4 is 0 Å². The molecule has 0 N–H and O–H groups in total. The molecule has 3 aliphatic rings. The van der Waals surface area contributed by atoms with Crippen molar-refractivity contribution in [1.29, 1.82) is 0 Å². The fraction of sp³-hybridized carbons (Fsp3) is 0.867. The number of hydrogen-bond donors (Lipinski definition) is 0. The Morgan fingerprint density at radius 1 is 1.39 bits per heavy atom. The highest BCUT2D eigenvalue weighted by molar-refractivity contribution is 8.16. The highest BCUT2D eigenvalue weighted by Gasteiger charge is 2.44. The van der Waals surface area contributed by atoms with Gasteiger partial charge in [-0.1, -0.05) is 31.5 Å². The maximum Gasteiger partial charge on any atom is 0.262 e. The standard InChI is InChI=1S/C15H23NOS/c1-3-6-15(2)14(17)16-13(18-15)9-12-8-10-4-5-11(12)7-10/h10-12H,3-9H2,1-2H3/t10?,11?,12?,15-/m0/s1. The maximum absolute atomic E-state index is 12.0. The van der Waals surface area contributed by atoms with Crippen LogP contribution in [0.1, 0.15) is 58.8 Å². The van der Waals surface area contributed by atoms with Crippen LogP contribution in [0.4, 0.5) is 0 Å². The summed E-state index contributed by atoms with van der Waals surface area (Å²) in [6, 6.07) is 0. The average molecular weight is 265 g/mol. The van der Waals surface area contributed by atoms with Crippen molar-refractivity contribution in [3.8, 4) is 0 Å². The molecule has 2 aliphatic carbocycles. The van der Waals surface area contributed by atoms with E-state index in [1.165, 1.54) is 25.7 Å². The topological polar surface area (TPSA) is 29.4 Å². The van der Waals surface area contributed by atoms with Gasteiger partial charge in [0.15, 0.2) is 0 Å². The van der Waals surface area contributed by atoms with Crippen LogP contribution in [0, 0.1) is 17.8 Å². The van der Waals surface area contributed by atoms with Gasteiger partial charge in [-0.05, 0) is 56.8 Å². The van der Waals surface area contributed by atoms with Crippen LogP contribution in [0.2, 0.25) is 0 Å². The van der Waals surface area contributed by atoms with Crippen LogP contribution in [0.3, 0.4) is 0 Å². The summed E-state index contributed by atoms with van der Waals surface area (Å²) in [5.74, 6) is 2.87. The lowest BCUT2D eigenvalue weighted by molar-refractivity contribution is -0.119. The number of fused-ring (bicyclic) bond motifs is 2. The van der Waals surface area contributed by atoms with E-state index in [-0.39, 0.29) is 10.7 Å². The predicted octanol–water partition coefficient (Wildman–Crippen LogP) is 4.04. The third-order valence-corrected chi connectivity index (χ3v) is 6.39. The lowest BCUT2D eigenvalue weighted by Gasteiger charge is -2.22. The smallest absolute Gasteiger partial charge is 0.262 e. The Balaban J connectivity index is 1.62. The van der Waals surface area contributed by atoms with Crippen LogP contribution in [0.25, 0.3) is 0 Å². The van der Waals surface area contributed by atoms with E-state index >= 15 is 0 Å². The minimum Gasteiger partial charge on any atom is -0.271 e. The lowest BCUT2D eigenvalue weighted by atomic mass is 9.87. The third-order valence-electron chi connectivity index (χ3n) is 5.07. The molecule has 0 radical (unpaired) electrons. The number of carbonyl (C=O) groups is 1. The summed E-state index contributed by atoms with van der Waals surface area (Å²) in [6.07, 6.45) is 8.82. The summed E-state index contributed by atoms with van der Waals surface area (Å²) in [5, 5.41) is 1.13. The second-order valence-corrected chi connectivity index (χ2v) is 8.11. The van der Waals surface area contributed by atoms with Crippen LogP contribution >= 0.6 is 11.8 Å². The molecule has 3 unspecified atom stereocenters. The van der Waals surface area contributed by atoms with E-state index in [4.69, 9.17) is 0 Å². The normalized spacial score (nSPS) is 42.7. The van der Waals surface area contributed by atoms with Crippen molar-refractivity contribution in [2.75, 3.05) is 0 Å².